The molecule has 2 unspecified atom stereocenters. The number of thioether (sulfide) groups is 1. The maximum absolute atomic E-state index is 11.3. The van der Waals surface area contributed by atoms with Gasteiger partial charge in [-0.05, 0) is 24.1 Å². The van der Waals surface area contributed by atoms with Crippen LogP contribution in [0.4, 0.5) is 0 Å². The number of hydrogen-bond acceptors (Lipinski definition) is 5. The van der Waals surface area contributed by atoms with Gasteiger partial charge in [0.2, 0.25) is 0 Å². The van der Waals surface area contributed by atoms with Crippen LogP contribution in [0.15, 0.2) is 24.3 Å². The number of carbonyl (C=O) groups is 1. The minimum atomic E-state index is -0.235. The summed E-state index contributed by atoms with van der Waals surface area (Å²) in [4.78, 5) is 11.3. The Morgan fingerprint density at radius 1 is 1.42 bits per heavy atom. The molecule has 0 amide bonds. The van der Waals surface area contributed by atoms with Crippen LogP contribution in [0.5, 0.6) is 5.75 Å². The fourth-order valence-electron chi connectivity index (χ4n) is 1.72. The molecule has 0 aliphatic carbocycles. The van der Waals surface area contributed by atoms with E-state index in [1.807, 2.05) is 31.2 Å². The molecule has 4 nitrogen and oxygen atoms in total. The predicted molar refractivity (Wildman–Crippen MR) is 78.5 cm³/mol. The van der Waals surface area contributed by atoms with Crippen LogP contribution in [-0.4, -0.2) is 32.0 Å². The first-order valence-corrected chi connectivity index (χ1v) is 7.25. The van der Waals surface area contributed by atoms with Crippen molar-refractivity contribution in [1.29, 1.82) is 0 Å². The van der Waals surface area contributed by atoms with Gasteiger partial charge >= 0.3 is 5.97 Å². The molecule has 0 spiro atoms. The monoisotopic (exact) mass is 283 g/mol. The Morgan fingerprint density at radius 2 is 2.16 bits per heavy atom. The average molecular weight is 283 g/mol. The molecular weight excluding hydrogens is 262 g/mol. The van der Waals surface area contributed by atoms with Crippen molar-refractivity contribution in [2.24, 2.45) is 5.73 Å². The second-order valence-electron chi connectivity index (χ2n) is 4.16. The van der Waals surface area contributed by atoms with E-state index in [9.17, 15) is 4.79 Å². The molecule has 106 valence electrons. The van der Waals surface area contributed by atoms with Crippen LogP contribution < -0.4 is 10.5 Å². The van der Waals surface area contributed by atoms with Crippen LogP contribution in [0.2, 0.25) is 0 Å². The van der Waals surface area contributed by atoms with E-state index >= 15 is 0 Å². The number of nitrogens with two attached hydrogens (primary N) is 1. The number of methoxy groups -OCH3 is 2. The summed E-state index contributed by atoms with van der Waals surface area (Å²) in [7, 11) is 3.03. The molecule has 2 atom stereocenters. The summed E-state index contributed by atoms with van der Waals surface area (Å²) < 4.78 is 9.89. The van der Waals surface area contributed by atoms with Gasteiger partial charge in [0.1, 0.15) is 5.75 Å². The van der Waals surface area contributed by atoms with Gasteiger partial charge in [-0.25, -0.2) is 0 Å². The number of hydrogen-bond donors (Lipinski definition) is 1. The Kier molecular flexibility index (Phi) is 6.73. The van der Waals surface area contributed by atoms with Crippen molar-refractivity contribution < 1.29 is 14.3 Å². The average Bonchev–Trinajstić information content (AvgIpc) is 2.46. The smallest absolute Gasteiger partial charge is 0.315 e. The van der Waals surface area contributed by atoms with Crippen LogP contribution in [0.1, 0.15) is 24.2 Å². The molecule has 1 aromatic carbocycles. The van der Waals surface area contributed by atoms with E-state index in [0.717, 1.165) is 17.7 Å². The third-order valence-corrected chi connectivity index (χ3v) is 4.27. The molecule has 0 saturated carbocycles. The second kappa shape index (κ2) is 8.07. The van der Waals surface area contributed by atoms with E-state index < -0.39 is 0 Å². The molecular formula is C14H21NO3S. The lowest BCUT2D eigenvalue weighted by Gasteiger charge is -2.23. The highest BCUT2D eigenvalue weighted by Gasteiger charge is 2.21. The van der Waals surface area contributed by atoms with Gasteiger partial charge in [-0.15, -0.1) is 11.8 Å². The first-order valence-electron chi connectivity index (χ1n) is 6.20. The van der Waals surface area contributed by atoms with Gasteiger partial charge in [-0.1, -0.05) is 19.1 Å². The third kappa shape index (κ3) is 4.76. The van der Waals surface area contributed by atoms with E-state index in [1.165, 1.54) is 18.9 Å². The summed E-state index contributed by atoms with van der Waals surface area (Å²) in [6.07, 6.45) is 0.843. The second-order valence-corrected chi connectivity index (χ2v) is 5.29. The molecule has 0 aliphatic heterocycles. The lowest BCUT2D eigenvalue weighted by Crippen LogP contribution is -2.26. The van der Waals surface area contributed by atoms with Gasteiger partial charge in [0, 0.05) is 11.3 Å². The maximum Gasteiger partial charge on any atom is 0.315 e. The zero-order valence-electron chi connectivity index (χ0n) is 11.6. The first-order chi connectivity index (χ1) is 9.12. The zero-order chi connectivity index (χ0) is 14.3. The summed E-state index contributed by atoms with van der Waals surface area (Å²) in [6.45, 7) is 2.04. The van der Waals surface area contributed by atoms with Crippen molar-refractivity contribution in [3.8, 4) is 5.75 Å². The lowest BCUT2D eigenvalue weighted by molar-refractivity contribution is -0.137. The van der Waals surface area contributed by atoms with Gasteiger partial charge < -0.3 is 15.2 Å². The van der Waals surface area contributed by atoms with Crippen molar-refractivity contribution in [2.75, 3.05) is 20.0 Å². The fraction of sp³-hybridized carbons (Fsp3) is 0.500. The molecule has 0 aliphatic rings. The Balaban J connectivity index is 2.85. The minimum Gasteiger partial charge on any atom is -0.497 e. The minimum absolute atomic E-state index is 0.0123. The topological polar surface area (TPSA) is 61.6 Å². The molecule has 0 saturated heterocycles. The molecule has 2 N–H and O–H groups in total. The summed E-state index contributed by atoms with van der Waals surface area (Å²) in [5.74, 6) is 0.859. The van der Waals surface area contributed by atoms with Gasteiger partial charge in [0.05, 0.1) is 20.0 Å². The Bertz CT molecular complexity index is 411. The molecule has 0 aromatic heterocycles. The number of ether oxygens (including phenoxy) is 2. The summed E-state index contributed by atoms with van der Waals surface area (Å²) in [5.41, 5.74) is 7.23. The van der Waals surface area contributed by atoms with Gasteiger partial charge in [-0.3, -0.25) is 4.79 Å². The van der Waals surface area contributed by atoms with E-state index in [0.29, 0.717) is 5.75 Å². The predicted octanol–water partition coefficient (Wildman–Crippen LogP) is 2.38. The van der Waals surface area contributed by atoms with Crippen molar-refractivity contribution in [2.45, 2.75) is 24.6 Å². The summed E-state index contributed by atoms with van der Waals surface area (Å²) in [6, 6.07) is 7.78. The maximum atomic E-state index is 11.3. The lowest BCUT2D eigenvalue weighted by atomic mass is 10.0. The quantitative estimate of drug-likeness (QED) is 0.778. The molecule has 0 heterocycles. The zero-order valence-corrected chi connectivity index (χ0v) is 12.4. The number of esters is 1. The van der Waals surface area contributed by atoms with Gasteiger partial charge in [0.15, 0.2) is 0 Å². The van der Waals surface area contributed by atoms with E-state index in [2.05, 4.69) is 4.74 Å². The first kappa shape index (κ1) is 15.9. The number of rotatable bonds is 7. The molecule has 1 aromatic rings. The summed E-state index contributed by atoms with van der Waals surface area (Å²) >= 11 is 1.50. The van der Waals surface area contributed by atoms with E-state index in [1.54, 1.807) is 7.11 Å². The standard InChI is InChI=1S/C14H21NO3S/c1-4-12(15)14(19-9-13(16)18-3)10-6-5-7-11(8-10)17-2/h5-8,12,14H,4,9,15H2,1-3H3. The van der Waals surface area contributed by atoms with Crippen molar-refractivity contribution in [3.63, 3.8) is 0 Å². The van der Waals surface area contributed by atoms with Crippen LogP contribution in [-0.2, 0) is 9.53 Å². The molecule has 0 fully saturated rings. The van der Waals surface area contributed by atoms with Gasteiger partial charge in [0.25, 0.3) is 0 Å². The highest BCUT2D eigenvalue weighted by atomic mass is 32.2. The highest BCUT2D eigenvalue weighted by molar-refractivity contribution is 8.00. The fourth-order valence-corrected chi connectivity index (χ4v) is 2.93. The number of carbonyl (C=O) groups excluding carboxylic acids is 1. The van der Waals surface area contributed by atoms with Crippen LogP contribution in [0.3, 0.4) is 0 Å². The largest absolute Gasteiger partial charge is 0.497 e. The molecule has 0 bridgehead atoms. The molecule has 19 heavy (non-hydrogen) atoms. The van der Waals surface area contributed by atoms with E-state index in [4.69, 9.17) is 10.5 Å². The SMILES string of the molecule is CCC(N)C(SCC(=O)OC)c1cccc(OC)c1. The van der Waals surface area contributed by atoms with Gasteiger partial charge in [-0.2, -0.15) is 0 Å². The van der Waals surface area contributed by atoms with E-state index in [-0.39, 0.29) is 17.3 Å². The Labute approximate surface area is 118 Å². The summed E-state index contributed by atoms with van der Waals surface area (Å²) in [5, 5.41) is 0.0548. The van der Waals surface area contributed by atoms with Crippen molar-refractivity contribution in [1.82, 2.24) is 0 Å². The number of benzene rings is 1. The van der Waals surface area contributed by atoms with Crippen LogP contribution >= 0.6 is 11.8 Å². The molecule has 1 rings (SSSR count). The normalized spacial score (nSPS) is 13.7. The highest BCUT2D eigenvalue weighted by Crippen LogP contribution is 2.34. The Morgan fingerprint density at radius 3 is 2.74 bits per heavy atom. The molecule has 5 heteroatoms. The van der Waals surface area contributed by atoms with Crippen molar-refractivity contribution in [3.05, 3.63) is 29.8 Å². The van der Waals surface area contributed by atoms with Crippen molar-refractivity contribution >= 4 is 17.7 Å². The Hall–Kier alpha value is -1.20. The van der Waals surface area contributed by atoms with Crippen LogP contribution in [0.25, 0.3) is 0 Å². The molecule has 0 radical (unpaired) electrons. The third-order valence-electron chi connectivity index (χ3n) is 2.89. The van der Waals surface area contributed by atoms with Crippen LogP contribution in [0, 0.1) is 0 Å².